The summed E-state index contributed by atoms with van der Waals surface area (Å²) in [6.07, 6.45) is 5.44. The van der Waals surface area contributed by atoms with Crippen LogP contribution in [-0.4, -0.2) is 74.7 Å². The highest BCUT2D eigenvalue weighted by Gasteiger charge is 2.28. The van der Waals surface area contributed by atoms with E-state index in [-0.39, 0.29) is 12.0 Å². The van der Waals surface area contributed by atoms with Gasteiger partial charge in [0.2, 0.25) is 16.0 Å². The molecule has 4 aromatic rings. The standard InChI is InChI=1S/C30H31F3N6O5S3/c1-46(40,41)39-12-7-21(8-13-39)35-30-34-11-6-24(36-30)28-27(37-29(45-28)18-9-14-44-15-10-18)19-2-4-22(32)25(16-19)38-47(42,43)26-17-20(31)3-5-23(26)33/h2-6,11,16-18,21,38H,7-10,12-15H2,1H3,(H,34,35,36). The number of nitrogens with zero attached hydrogens (tertiary/aromatic N) is 4. The molecular weight excluding hydrogens is 678 g/mol. The van der Waals surface area contributed by atoms with Gasteiger partial charge in [-0.2, -0.15) is 0 Å². The van der Waals surface area contributed by atoms with Crippen LogP contribution in [0.15, 0.2) is 53.6 Å². The van der Waals surface area contributed by atoms with Crippen LogP contribution >= 0.6 is 11.3 Å². The van der Waals surface area contributed by atoms with Crippen LogP contribution in [0.3, 0.4) is 0 Å². The van der Waals surface area contributed by atoms with Gasteiger partial charge in [0, 0.05) is 50.0 Å². The molecule has 4 heterocycles. The Bertz CT molecular complexity index is 2000. The molecule has 2 aromatic carbocycles. The molecular formula is C30H31F3N6O5S3. The number of anilines is 2. The Morgan fingerprint density at radius 3 is 2.36 bits per heavy atom. The Balaban J connectivity index is 1.33. The lowest BCUT2D eigenvalue weighted by atomic mass is 10.0. The Morgan fingerprint density at radius 2 is 1.64 bits per heavy atom. The molecule has 11 nitrogen and oxygen atoms in total. The summed E-state index contributed by atoms with van der Waals surface area (Å²) in [7, 11) is -7.96. The molecule has 250 valence electrons. The fraction of sp³-hybridized carbons (Fsp3) is 0.367. The Labute approximate surface area is 274 Å². The van der Waals surface area contributed by atoms with Gasteiger partial charge in [-0.15, -0.1) is 11.3 Å². The van der Waals surface area contributed by atoms with Crippen LogP contribution in [0.5, 0.6) is 0 Å². The van der Waals surface area contributed by atoms with E-state index in [0.29, 0.717) is 79.1 Å². The first-order valence-corrected chi connectivity index (χ1v) is 18.9. The number of rotatable bonds is 9. The molecule has 2 aliphatic rings. The minimum Gasteiger partial charge on any atom is -0.381 e. The average molecular weight is 709 g/mol. The van der Waals surface area contributed by atoms with E-state index in [4.69, 9.17) is 14.7 Å². The minimum atomic E-state index is -4.70. The van der Waals surface area contributed by atoms with E-state index in [9.17, 15) is 25.6 Å². The lowest BCUT2D eigenvalue weighted by molar-refractivity contribution is 0.0853. The maximum atomic E-state index is 15.0. The van der Waals surface area contributed by atoms with Crippen LogP contribution in [-0.2, 0) is 24.8 Å². The van der Waals surface area contributed by atoms with Crippen molar-refractivity contribution < 1.29 is 34.7 Å². The van der Waals surface area contributed by atoms with Gasteiger partial charge in [-0.1, -0.05) is 0 Å². The smallest absolute Gasteiger partial charge is 0.265 e. The molecule has 0 spiro atoms. The predicted octanol–water partition coefficient (Wildman–Crippen LogP) is 5.22. The zero-order valence-electron chi connectivity index (χ0n) is 25.1. The number of halogens is 3. The first-order chi connectivity index (χ1) is 22.4. The van der Waals surface area contributed by atoms with Crippen molar-refractivity contribution in [1.82, 2.24) is 19.3 Å². The van der Waals surface area contributed by atoms with Gasteiger partial charge in [0.25, 0.3) is 10.0 Å². The quantitative estimate of drug-likeness (QED) is 0.239. The van der Waals surface area contributed by atoms with Crippen molar-refractivity contribution in [3.63, 3.8) is 0 Å². The summed E-state index contributed by atoms with van der Waals surface area (Å²) in [5.41, 5.74) is 0.855. The van der Waals surface area contributed by atoms with Crippen molar-refractivity contribution in [2.45, 2.75) is 42.5 Å². The SMILES string of the molecule is CS(=O)(=O)N1CCC(Nc2nccc(-c3sc(C4CCOCC4)nc3-c3ccc(F)c(NS(=O)(=O)c4cc(F)ccc4F)c3)n2)CC1. The second kappa shape index (κ2) is 13.5. The summed E-state index contributed by atoms with van der Waals surface area (Å²) in [5.74, 6) is -2.63. The third kappa shape index (κ3) is 7.59. The van der Waals surface area contributed by atoms with Crippen LogP contribution in [0.4, 0.5) is 24.8 Å². The van der Waals surface area contributed by atoms with Gasteiger partial charge in [0.05, 0.1) is 33.2 Å². The molecule has 0 aliphatic carbocycles. The maximum absolute atomic E-state index is 15.0. The highest BCUT2D eigenvalue weighted by Crippen LogP contribution is 2.42. The summed E-state index contributed by atoms with van der Waals surface area (Å²) in [6, 6.07) is 7.44. The van der Waals surface area contributed by atoms with Crippen LogP contribution in [0.1, 0.15) is 36.6 Å². The van der Waals surface area contributed by atoms with Gasteiger partial charge in [-0.25, -0.2) is 49.3 Å². The molecule has 0 bridgehead atoms. The van der Waals surface area contributed by atoms with E-state index in [1.165, 1.54) is 34.0 Å². The largest absolute Gasteiger partial charge is 0.381 e. The van der Waals surface area contributed by atoms with E-state index in [2.05, 4.69) is 15.0 Å². The number of sulfonamides is 2. The van der Waals surface area contributed by atoms with Crippen molar-refractivity contribution >= 4 is 43.0 Å². The molecule has 17 heteroatoms. The van der Waals surface area contributed by atoms with E-state index in [1.807, 2.05) is 0 Å². The number of thiazole rings is 1. The average Bonchev–Trinajstić information content (AvgIpc) is 3.49. The van der Waals surface area contributed by atoms with Crippen molar-refractivity contribution in [3.8, 4) is 21.8 Å². The second-order valence-electron chi connectivity index (χ2n) is 11.3. The van der Waals surface area contributed by atoms with Crippen LogP contribution in [0.25, 0.3) is 21.8 Å². The third-order valence-corrected chi connectivity index (χ3v) is 11.9. The second-order valence-corrected chi connectivity index (χ2v) is 16.0. The van der Waals surface area contributed by atoms with E-state index < -0.39 is 48.1 Å². The summed E-state index contributed by atoms with van der Waals surface area (Å²) in [4.78, 5) is 13.7. The predicted molar refractivity (Wildman–Crippen MR) is 172 cm³/mol. The maximum Gasteiger partial charge on any atom is 0.265 e. The normalized spacial score (nSPS) is 17.1. The number of ether oxygens (including phenoxy) is 1. The summed E-state index contributed by atoms with van der Waals surface area (Å²) in [6.45, 7) is 1.92. The van der Waals surface area contributed by atoms with Gasteiger partial charge in [-0.3, -0.25) is 4.72 Å². The van der Waals surface area contributed by atoms with Gasteiger partial charge in [0.15, 0.2) is 0 Å². The molecule has 2 aliphatic heterocycles. The molecule has 0 radical (unpaired) electrons. The van der Waals surface area contributed by atoms with E-state index >= 15 is 4.39 Å². The molecule has 0 atom stereocenters. The monoisotopic (exact) mass is 708 g/mol. The van der Waals surface area contributed by atoms with E-state index in [0.717, 1.165) is 30.0 Å². The fourth-order valence-electron chi connectivity index (χ4n) is 5.53. The molecule has 2 N–H and O–H groups in total. The molecule has 2 fully saturated rings. The van der Waals surface area contributed by atoms with Crippen LogP contribution < -0.4 is 10.0 Å². The van der Waals surface area contributed by atoms with Crippen molar-refractivity contribution in [2.24, 2.45) is 0 Å². The number of hydrogen-bond donors (Lipinski definition) is 2. The molecule has 0 unspecified atom stereocenters. The molecule has 6 rings (SSSR count). The lowest BCUT2D eigenvalue weighted by Gasteiger charge is -2.30. The van der Waals surface area contributed by atoms with Crippen LogP contribution in [0, 0.1) is 17.5 Å². The molecule has 47 heavy (non-hydrogen) atoms. The first-order valence-electron chi connectivity index (χ1n) is 14.8. The molecule has 0 amide bonds. The summed E-state index contributed by atoms with van der Waals surface area (Å²) in [5, 5.41) is 4.11. The van der Waals surface area contributed by atoms with Crippen molar-refractivity contribution in [2.75, 3.05) is 42.6 Å². The number of nitrogens with one attached hydrogen (secondary N) is 2. The number of piperidine rings is 1. The minimum absolute atomic E-state index is 0.0439. The number of benzene rings is 2. The highest BCUT2D eigenvalue weighted by atomic mass is 32.2. The zero-order valence-corrected chi connectivity index (χ0v) is 27.6. The van der Waals surface area contributed by atoms with Crippen LogP contribution in [0.2, 0.25) is 0 Å². The molecule has 0 saturated carbocycles. The van der Waals surface area contributed by atoms with Gasteiger partial charge in [-0.05, 0) is 68.1 Å². The zero-order chi connectivity index (χ0) is 33.3. The Kier molecular flexibility index (Phi) is 9.53. The summed E-state index contributed by atoms with van der Waals surface area (Å²) < 4.78 is 102. The molecule has 2 saturated heterocycles. The first kappa shape index (κ1) is 33.3. The van der Waals surface area contributed by atoms with Crippen molar-refractivity contribution in [3.05, 3.63) is 71.1 Å². The number of hydrogen-bond acceptors (Lipinski definition) is 10. The topological polar surface area (TPSA) is 143 Å². The third-order valence-electron chi connectivity index (χ3n) is 8.03. The number of aromatic nitrogens is 3. The van der Waals surface area contributed by atoms with Gasteiger partial charge < -0.3 is 10.1 Å². The van der Waals surface area contributed by atoms with Crippen molar-refractivity contribution in [1.29, 1.82) is 0 Å². The molecule has 2 aromatic heterocycles. The summed E-state index contributed by atoms with van der Waals surface area (Å²) >= 11 is 1.41. The Hall–Kier alpha value is -3.64. The fourth-order valence-corrected chi connectivity index (χ4v) is 8.78. The van der Waals surface area contributed by atoms with Gasteiger partial charge in [0.1, 0.15) is 22.3 Å². The lowest BCUT2D eigenvalue weighted by Crippen LogP contribution is -2.42. The van der Waals surface area contributed by atoms with Gasteiger partial charge >= 0.3 is 0 Å². The van der Waals surface area contributed by atoms with E-state index in [1.54, 1.807) is 12.3 Å². The highest BCUT2D eigenvalue weighted by molar-refractivity contribution is 7.92. The Morgan fingerprint density at radius 1 is 0.915 bits per heavy atom.